The number of aromatic nitrogens is 2. The molecular formula is C16H25ClN2O2. The minimum atomic E-state index is -0.386. The second-order valence-corrected chi connectivity index (χ2v) is 7.01. The lowest BCUT2D eigenvalue weighted by molar-refractivity contribution is 0.415. The average molecular weight is 313 g/mol. The minimum Gasteiger partial charge on any atom is -0.297 e. The highest BCUT2D eigenvalue weighted by molar-refractivity contribution is 6.30. The lowest BCUT2D eigenvalue weighted by Crippen LogP contribution is -2.40. The van der Waals surface area contributed by atoms with Gasteiger partial charge < -0.3 is 0 Å². The number of hydrogen-bond donors (Lipinski definition) is 1. The molecule has 1 N–H and O–H groups in total. The summed E-state index contributed by atoms with van der Waals surface area (Å²) in [6.07, 6.45) is 6.05. The zero-order valence-corrected chi connectivity index (χ0v) is 13.9. The van der Waals surface area contributed by atoms with E-state index in [0.717, 1.165) is 38.5 Å². The molecule has 1 aromatic rings. The van der Waals surface area contributed by atoms with Crippen LogP contribution in [0.4, 0.5) is 0 Å². The van der Waals surface area contributed by atoms with E-state index in [1.807, 2.05) is 6.92 Å². The van der Waals surface area contributed by atoms with Crippen molar-refractivity contribution < 1.29 is 0 Å². The van der Waals surface area contributed by atoms with Crippen molar-refractivity contribution in [2.24, 2.45) is 5.92 Å². The molecule has 1 aromatic heterocycles. The SMILES string of the molecule is CC(C)CCC(C)n1c(=O)[nH]c(Cl)c(C2CCCC2)c1=O. The van der Waals surface area contributed by atoms with Crippen LogP contribution in [0.2, 0.25) is 5.15 Å². The summed E-state index contributed by atoms with van der Waals surface area (Å²) >= 11 is 6.15. The molecule has 1 heterocycles. The van der Waals surface area contributed by atoms with E-state index in [9.17, 15) is 9.59 Å². The smallest absolute Gasteiger partial charge is 0.297 e. The van der Waals surface area contributed by atoms with Crippen LogP contribution in [0.25, 0.3) is 0 Å². The molecule has 0 radical (unpaired) electrons. The zero-order valence-electron chi connectivity index (χ0n) is 13.1. The maximum atomic E-state index is 12.7. The quantitative estimate of drug-likeness (QED) is 0.840. The molecule has 0 spiro atoms. The lowest BCUT2D eigenvalue weighted by Gasteiger charge is -2.18. The molecule has 0 aromatic carbocycles. The molecule has 0 saturated heterocycles. The van der Waals surface area contributed by atoms with Crippen LogP contribution in [0, 0.1) is 5.92 Å². The Kier molecular flexibility index (Phi) is 5.31. The number of hydrogen-bond acceptors (Lipinski definition) is 2. The molecule has 4 nitrogen and oxygen atoms in total. The van der Waals surface area contributed by atoms with Gasteiger partial charge in [0.05, 0.1) is 5.56 Å². The molecule has 1 aliphatic carbocycles. The van der Waals surface area contributed by atoms with Gasteiger partial charge in [-0.2, -0.15) is 0 Å². The first-order chi connectivity index (χ1) is 9.91. The third-order valence-electron chi connectivity index (χ3n) is 4.49. The molecule has 21 heavy (non-hydrogen) atoms. The molecule has 1 unspecified atom stereocenters. The summed E-state index contributed by atoms with van der Waals surface area (Å²) in [5.74, 6) is 0.759. The van der Waals surface area contributed by atoms with Gasteiger partial charge >= 0.3 is 5.69 Å². The Morgan fingerprint density at radius 2 is 1.81 bits per heavy atom. The third kappa shape index (κ3) is 3.60. The van der Waals surface area contributed by atoms with Crippen LogP contribution in [-0.4, -0.2) is 9.55 Å². The van der Waals surface area contributed by atoms with Crippen LogP contribution in [0.3, 0.4) is 0 Å². The number of H-pyrrole nitrogens is 1. The Hall–Kier alpha value is -1.03. The molecule has 0 bridgehead atoms. The molecule has 1 fully saturated rings. The first kappa shape index (κ1) is 16.3. The van der Waals surface area contributed by atoms with Gasteiger partial charge in [0.1, 0.15) is 5.15 Å². The Morgan fingerprint density at radius 3 is 2.38 bits per heavy atom. The van der Waals surface area contributed by atoms with Crippen LogP contribution in [0.5, 0.6) is 0 Å². The molecule has 0 aliphatic heterocycles. The van der Waals surface area contributed by atoms with E-state index in [1.165, 1.54) is 4.57 Å². The number of nitrogens with zero attached hydrogens (tertiary/aromatic N) is 1. The average Bonchev–Trinajstić information content (AvgIpc) is 2.89. The van der Waals surface area contributed by atoms with Crippen LogP contribution in [-0.2, 0) is 0 Å². The van der Waals surface area contributed by atoms with Crippen LogP contribution >= 0.6 is 11.6 Å². The predicted octanol–water partition coefficient (Wildman–Crippen LogP) is 3.84. The third-order valence-corrected chi connectivity index (χ3v) is 4.79. The summed E-state index contributed by atoms with van der Waals surface area (Å²) in [5, 5.41) is 0.240. The van der Waals surface area contributed by atoms with Gasteiger partial charge in [-0.3, -0.25) is 14.3 Å². The molecule has 1 aliphatic rings. The van der Waals surface area contributed by atoms with Crippen LogP contribution < -0.4 is 11.2 Å². The monoisotopic (exact) mass is 312 g/mol. The Balaban J connectivity index is 2.39. The summed E-state index contributed by atoms with van der Waals surface area (Å²) in [4.78, 5) is 27.5. The summed E-state index contributed by atoms with van der Waals surface area (Å²) in [6, 6.07) is -0.0962. The van der Waals surface area contributed by atoms with E-state index in [-0.39, 0.29) is 28.4 Å². The second-order valence-electron chi connectivity index (χ2n) is 6.63. The highest BCUT2D eigenvalue weighted by Gasteiger charge is 2.26. The maximum Gasteiger partial charge on any atom is 0.329 e. The van der Waals surface area contributed by atoms with Crippen molar-refractivity contribution in [3.8, 4) is 0 Å². The largest absolute Gasteiger partial charge is 0.329 e. The van der Waals surface area contributed by atoms with Gasteiger partial charge in [-0.25, -0.2) is 4.79 Å². The molecule has 2 rings (SSSR count). The van der Waals surface area contributed by atoms with Gasteiger partial charge in [-0.15, -0.1) is 0 Å². The van der Waals surface area contributed by atoms with Crippen molar-refractivity contribution >= 4 is 11.6 Å². The second kappa shape index (κ2) is 6.82. The molecule has 0 amide bonds. The fraction of sp³-hybridized carbons (Fsp3) is 0.750. The molecule has 1 saturated carbocycles. The van der Waals surface area contributed by atoms with Gasteiger partial charge in [0.2, 0.25) is 0 Å². The highest BCUT2D eigenvalue weighted by atomic mass is 35.5. The highest BCUT2D eigenvalue weighted by Crippen LogP contribution is 2.34. The van der Waals surface area contributed by atoms with Crippen molar-refractivity contribution in [1.29, 1.82) is 0 Å². The van der Waals surface area contributed by atoms with Crippen molar-refractivity contribution in [1.82, 2.24) is 9.55 Å². The van der Waals surface area contributed by atoms with E-state index < -0.39 is 0 Å². The summed E-state index contributed by atoms with van der Waals surface area (Å²) in [5.41, 5.74) is 0.0417. The van der Waals surface area contributed by atoms with Crippen LogP contribution in [0.1, 0.15) is 76.8 Å². The fourth-order valence-corrected chi connectivity index (χ4v) is 3.53. The standard InChI is InChI=1S/C16H25ClN2O2/c1-10(2)8-9-11(3)19-15(20)13(12-6-4-5-7-12)14(17)18-16(19)21/h10-12H,4-9H2,1-3H3,(H,18,21). The first-order valence-corrected chi connectivity index (χ1v) is 8.33. The zero-order chi connectivity index (χ0) is 15.6. The van der Waals surface area contributed by atoms with Gasteiger partial charge in [0.25, 0.3) is 5.56 Å². The number of halogens is 1. The maximum absolute atomic E-state index is 12.7. The summed E-state index contributed by atoms with van der Waals surface area (Å²) < 4.78 is 1.36. The van der Waals surface area contributed by atoms with E-state index >= 15 is 0 Å². The molecule has 1 atom stereocenters. The number of nitrogens with one attached hydrogen (secondary N) is 1. The van der Waals surface area contributed by atoms with Crippen molar-refractivity contribution in [3.63, 3.8) is 0 Å². The van der Waals surface area contributed by atoms with E-state index in [1.54, 1.807) is 0 Å². The topological polar surface area (TPSA) is 54.9 Å². The van der Waals surface area contributed by atoms with E-state index in [0.29, 0.717) is 11.5 Å². The Labute approximate surface area is 130 Å². The van der Waals surface area contributed by atoms with Gasteiger partial charge in [-0.1, -0.05) is 38.3 Å². The normalized spacial score (nSPS) is 17.6. The predicted molar refractivity (Wildman–Crippen MR) is 86.3 cm³/mol. The minimum absolute atomic E-state index is 0.0962. The van der Waals surface area contributed by atoms with Gasteiger partial charge in [0, 0.05) is 6.04 Å². The molecule has 118 valence electrons. The first-order valence-electron chi connectivity index (χ1n) is 7.96. The van der Waals surface area contributed by atoms with E-state index in [2.05, 4.69) is 18.8 Å². The van der Waals surface area contributed by atoms with E-state index in [4.69, 9.17) is 11.6 Å². The van der Waals surface area contributed by atoms with Crippen molar-refractivity contribution in [2.45, 2.75) is 71.3 Å². The lowest BCUT2D eigenvalue weighted by atomic mass is 10.00. The summed E-state index contributed by atoms with van der Waals surface area (Å²) in [6.45, 7) is 6.22. The summed E-state index contributed by atoms with van der Waals surface area (Å²) in [7, 11) is 0. The Bertz CT molecular complexity index is 597. The van der Waals surface area contributed by atoms with Gasteiger partial charge in [0.15, 0.2) is 0 Å². The van der Waals surface area contributed by atoms with Crippen molar-refractivity contribution in [3.05, 3.63) is 31.6 Å². The fourth-order valence-electron chi connectivity index (χ4n) is 3.21. The number of rotatable bonds is 5. The van der Waals surface area contributed by atoms with Crippen LogP contribution in [0.15, 0.2) is 9.59 Å². The molecular weight excluding hydrogens is 288 g/mol. The van der Waals surface area contributed by atoms with Gasteiger partial charge in [-0.05, 0) is 44.4 Å². The van der Waals surface area contributed by atoms with Crippen molar-refractivity contribution in [2.75, 3.05) is 0 Å². The number of aromatic amines is 1. The Morgan fingerprint density at radius 1 is 1.19 bits per heavy atom. The molecule has 5 heteroatoms.